The van der Waals surface area contributed by atoms with Gasteiger partial charge in [-0.1, -0.05) is 15.9 Å². The molecule has 1 heterocycles. The molecule has 0 unspecified atom stereocenters. The first-order chi connectivity index (χ1) is 8.56. The number of benzene rings is 1. The molecule has 1 aliphatic rings. The van der Waals surface area contributed by atoms with Gasteiger partial charge >= 0.3 is 0 Å². The Kier molecular flexibility index (Phi) is 4.51. The fourth-order valence-electron chi connectivity index (χ4n) is 2.60. The predicted molar refractivity (Wildman–Crippen MR) is 82.0 cm³/mol. The van der Waals surface area contributed by atoms with Crippen LogP contribution in [0.3, 0.4) is 0 Å². The van der Waals surface area contributed by atoms with Gasteiger partial charge < -0.3 is 15.5 Å². The molecule has 100 valence electrons. The van der Waals surface area contributed by atoms with Gasteiger partial charge in [-0.3, -0.25) is 0 Å². The molecule has 0 bridgehead atoms. The molecule has 0 aromatic heterocycles. The van der Waals surface area contributed by atoms with E-state index in [1.807, 2.05) is 6.07 Å². The SMILES string of the molecule is CN1CCC(CN(C)c2ccc(Br)cc2N)CC1. The van der Waals surface area contributed by atoms with Crippen LogP contribution in [0.4, 0.5) is 11.4 Å². The van der Waals surface area contributed by atoms with Gasteiger partial charge in [0, 0.05) is 18.1 Å². The maximum atomic E-state index is 6.07. The number of nitrogens with zero attached hydrogens (tertiary/aromatic N) is 2. The van der Waals surface area contributed by atoms with Crippen molar-refractivity contribution in [3.63, 3.8) is 0 Å². The Labute approximate surface area is 118 Å². The average Bonchev–Trinajstić information content (AvgIpc) is 2.32. The van der Waals surface area contributed by atoms with Crippen LogP contribution < -0.4 is 10.6 Å². The molecule has 1 aromatic carbocycles. The Morgan fingerprint density at radius 3 is 2.67 bits per heavy atom. The van der Waals surface area contributed by atoms with Gasteiger partial charge in [0.25, 0.3) is 0 Å². The van der Waals surface area contributed by atoms with E-state index in [4.69, 9.17) is 5.73 Å². The largest absolute Gasteiger partial charge is 0.397 e. The van der Waals surface area contributed by atoms with Crippen LogP contribution in [0.1, 0.15) is 12.8 Å². The van der Waals surface area contributed by atoms with Crippen molar-refractivity contribution < 1.29 is 0 Å². The molecule has 1 aromatic rings. The van der Waals surface area contributed by atoms with Crippen LogP contribution in [-0.2, 0) is 0 Å². The van der Waals surface area contributed by atoms with Gasteiger partial charge in [-0.2, -0.15) is 0 Å². The first-order valence-electron chi connectivity index (χ1n) is 6.51. The summed E-state index contributed by atoms with van der Waals surface area (Å²) < 4.78 is 1.04. The fraction of sp³-hybridized carbons (Fsp3) is 0.571. The number of hydrogen-bond acceptors (Lipinski definition) is 3. The second-order valence-corrected chi connectivity index (χ2v) is 6.25. The van der Waals surface area contributed by atoms with E-state index in [0.717, 1.165) is 28.3 Å². The molecule has 0 aliphatic carbocycles. The maximum absolute atomic E-state index is 6.07. The Hall–Kier alpha value is -0.740. The summed E-state index contributed by atoms with van der Waals surface area (Å²) in [5, 5.41) is 0. The molecular weight excluding hydrogens is 290 g/mol. The highest BCUT2D eigenvalue weighted by molar-refractivity contribution is 9.10. The minimum Gasteiger partial charge on any atom is -0.397 e. The third-order valence-electron chi connectivity index (χ3n) is 3.77. The molecule has 0 atom stereocenters. The third kappa shape index (κ3) is 3.39. The van der Waals surface area contributed by atoms with Crippen LogP contribution in [0.25, 0.3) is 0 Å². The quantitative estimate of drug-likeness (QED) is 0.871. The summed E-state index contributed by atoms with van der Waals surface area (Å²) in [5.74, 6) is 0.786. The summed E-state index contributed by atoms with van der Waals surface area (Å²) >= 11 is 3.45. The van der Waals surface area contributed by atoms with Crippen molar-refractivity contribution in [1.82, 2.24) is 4.90 Å². The Bertz CT molecular complexity index is 400. The van der Waals surface area contributed by atoms with Crippen molar-refractivity contribution in [1.29, 1.82) is 0 Å². The molecule has 1 aliphatic heterocycles. The highest BCUT2D eigenvalue weighted by Crippen LogP contribution is 2.27. The summed E-state index contributed by atoms with van der Waals surface area (Å²) in [5.41, 5.74) is 8.05. The smallest absolute Gasteiger partial charge is 0.0598 e. The van der Waals surface area contributed by atoms with Crippen LogP contribution in [0.2, 0.25) is 0 Å². The number of rotatable bonds is 3. The summed E-state index contributed by atoms with van der Waals surface area (Å²) in [4.78, 5) is 4.70. The van der Waals surface area contributed by atoms with E-state index in [0.29, 0.717) is 0 Å². The van der Waals surface area contributed by atoms with E-state index >= 15 is 0 Å². The predicted octanol–water partition coefficient (Wildman–Crippen LogP) is 2.81. The lowest BCUT2D eigenvalue weighted by Crippen LogP contribution is -2.35. The third-order valence-corrected chi connectivity index (χ3v) is 4.26. The zero-order chi connectivity index (χ0) is 13.1. The zero-order valence-corrected chi connectivity index (χ0v) is 12.8. The van der Waals surface area contributed by atoms with Gasteiger partial charge in [0.2, 0.25) is 0 Å². The van der Waals surface area contributed by atoms with Crippen molar-refractivity contribution in [2.24, 2.45) is 5.92 Å². The van der Waals surface area contributed by atoms with Crippen LogP contribution in [-0.4, -0.2) is 38.6 Å². The summed E-state index contributed by atoms with van der Waals surface area (Å²) in [6.45, 7) is 3.53. The van der Waals surface area contributed by atoms with E-state index in [-0.39, 0.29) is 0 Å². The van der Waals surface area contributed by atoms with E-state index in [1.165, 1.54) is 25.9 Å². The van der Waals surface area contributed by atoms with Crippen molar-refractivity contribution >= 4 is 27.3 Å². The highest BCUT2D eigenvalue weighted by atomic mass is 79.9. The molecule has 0 amide bonds. The second-order valence-electron chi connectivity index (χ2n) is 5.33. The Morgan fingerprint density at radius 2 is 2.06 bits per heavy atom. The number of anilines is 2. The number of halogens is 1. The Balaban J connectivity index is 1.97. The summed E-state index contributed by atoms with van der Waals surface area (Å²) in [7, 11) is 4.34. The van der Waals surface area contributed by atoms with Crippen molar-refractivity contribution in [2.75, 3.05) is 44.4 Å². The monoisotopic (exact) mass is 311 g/mol. The summed E-state index contributed by atoms with van der Waals surface area (Å²) in [6.07, 6.45) is 2.58. The topological polar surface area (TPSA) is 32.5 Å². The molecule has 0 saturated carbocycles. The van der Waals surface area contributed by atoms with E-state index in [1.54, 1.807) is 0 Å². The minimum absolute atomic E-state index is 0.786. The lowest BCUT2D eigenvalue weighted by Gasteiger charge is -2.32. The van der Waals surface area contributed by atoms with Crippen LogP contribution in [0.5, 0.6) is 0 Å². The first kappa shape index (κ1) is 13.7. The van der Waals surface area contributed by atoms with Crippen LogP contribution in [0.15, 0.2) is 22.7 Å². The van der Waals surface area contributed by atoms with Gasteiger partial charge in [0.1, 0.15) is 0 Å². The maximum Gasteiger partial charge on any atom is 0.0598 e. The van der Waals surface area contributed by atoms with Crippen LogP contribution in [0, 0.1) is 5.92 Å². The second kappa shape index (κ2) is 5.93. The summed E-state index contributed by atoms with van der Waals surface area (Å²) in [6, 6.07) is 6.12. The molecule has 4 heteroatoms. The zero-order valence-electron chi connectivity index (χ0n) is 11.2. The number of piperidine rings is 1. The number of nitrogen functional groups attached to an aromatic ring is 1. The molecule has 2 rings (SSSR count). The highest BCUT2D eigenvalue weighted by Gasteiger charge is 2.18. The molecule has 2 N–H and O–H groups in total. The molecule has 1 fully saturated rings. The lowest BCUT2D eigenvalue weighted by atomic mass is 9.96. The van der Waals surface area contributed by atoms with Crippen LogP contribution >= 0.6 is 15.9 Å². The van der Waals surface area contributed by atoms with E-state index in [2.05, 4.69) is 52.0 Å². The molecule has 0 radical (unpaired) electrons. The average molecular weight is 312 g/mol. The number of hydrogen-bond donors (Lipinski definition) is 1. The van der Waals surface area contributed by atoms with Crippen molar-refractivity contribution in [3.8, 4) is 0 Å². The van der Waals surface area contributed by atoms with Gasteiger partial charge in [-0.15, -0.1) is 0 Å². The number of nitrogens with two attached hydrogens (primary N) is 1. The number of likely N-dealkylation sites (tertiary alicyclic amines) is 1. The van der Waals surface area contributed by atoms with Gasteiger partial charge in [0.05, 0.1) is 11.4 Å². The Morgan fingerprint density at radius 1 is 1.39 bits per heavy atom. The van der Waals surface area contributed by atoms with Gasteiger partial charge in [0.15, 0.2) is 0 Å². The molecule has 0 spiro atoms. The van der Waals surface area contributed by atoms with E-state index < -0.39 is 0 Å². The van der Waals surface area contributed by atoms with Gasteiger partial charge in [-0.05, 0) is 57.1 Å². The fourth-order valence-corrected chi connectivity index (χ4v) is 2.98. The normalized spacial score (nSPS) is 17.9. The van der Waals surface area contributed by atoms with E-state index in [9.17, 15) is 0 Å². The molecule has 18 heavy (non-hydrogen) atoms. The van der Waals surface area contributed by atoms with Gasteiger partial charge in [-0.25, -0.2) is 0 Å². The minimum atomic E-state index is 0.786. The first-order valence-corrected chi connectivity index (χ1v) is 7.30. The van der Waals surface area contributed by atoms with Crippen molar-refractivity contribution in [2.45, 2.75) is 12.8 Å². The lowest BCUT2D eigenvalue weighted by molar-refractivity contribution is 0.222. The standard InChI is InChI=1S/C14H22BrN3/c1-17-7-5-11(6-8-17)10-18(2)14-4-3-12(15)9-13(14)16/h3-4,9,11H,5-8,10,16H2,1-2H3. The van der Waals surface area contributed by atoms with Crippen molar-refractivity contribution in [3.05, 3.63) is 22.7 Å². The molecule has 1 saturated heterocycles. The molecule has 3 nitrogen and oxygen atoms in total. The molecular formula is C14H22BrN3.